The zero-order valence-corrected chi connectivity index (χ0v) is 11.5. The molecular weight excluding hydrogens is 214 g/mol. The zero-order valence-electron chi connectivity index (χ0n) is 11.5. The minimum Gasteiger partial charge on any atom is -0.337 e. The maximum atomic E-state index is 12.3. The van der Waals surface area contributed by atoms with Crippen LogP contribution in [0.1, 0.15) is 20.3 Å². The number of nitrogens with one attached hydrogen (secondary N) is 1. The van der Waals surface area contributed by atoms with Gasteiger partial charge >= 0.3 is 0 Å². The largest absolute Gasteiger partial charge is 0.337 e. The highest BCUT2D eigenvalue weighted by Gasteiger charge is 2.50. The van der Waals surface area contributed by atoms with Crippen LogP contribution in [0, 0.1) is 11.8 Å². The van der Waals surface area contributed by atoms with Crippen molar-refractivity contribution in [2.24, 2.45) is 11.8 Å². The third-order valence-electron chi connectivity index (χ3n) is 4.43. The molecule has 0 radical (unpaired) electrons. The number of rotatable bonds is 3. The van der Waals surface area contributed by atoms with Gasteiger partial charge in [0.05, 0.1) is 0 Å². The van der Waals surface area contributed by atoms with E-state index in [-0.39, 0.29) is 5.54 Å². The second-order valence-corrected chi connectivity index (χ2v) is 6.24. The van der Waals surface area contributed by atoms with Crippen molar-refractivity contribution < 1.29 is 4.79 Å². The van der Waals surface area contributed by atoms with E-state index in [2.05, 4.69) is 29.0 Å². The predicted molar refractivity (Wildman–Crippen MR) is 68.8 cm³/mol. The molecule has 0 saturated carbocycles. The van der Waals surface area contributed by atoms with Gasteiger partial charge in [-0.3, -0.25) is 4.79 Å². The summed E-state index contributed by atoms with van der Waals surface area (Å²) in [7, 11) is 4.03. The summed E-state index contributed by atoms with van der Waals surface area (Å²) in [6, 6.07) is 0. The number of likely N-dealkylation sites (tertiary alicyclic amines) is 1. The zero-order chi connectivity index (χ0) is 12.6. The van der Waals surface area contributed by atoms with Crippen molar-refractivity contribution in [3.63, 3.8) is 0 Å². The number of hydrogen-bond donors (Lipinski definition) is 1. The maximum Gasteiger partial charge on any atom is 0.224 e. The van der Waals surface area contributed by atoms with E-state index in [1.54, 1.807) is 0 Å². The predicted octanol–water partition coefficient (Wildman–Crippen LogP) is 0.395. The fourth-order valence-electron chi connectivity index (χ4n) is 3.30. The van der Waals surface area contributed by atoms with Gasteiger partial charge in [0.2, 0.25) is 5.91 Å². The fraction of sp³-hybridized carbons (Fsp3) is 0.923. The molecule has 0 aliphatic carbocycles. The summed E-state index contributed by atoms with van der Waals surface area (Å²) in [4.78, 5) is 16.5. The average Bonchev–Trinajstić information content (AvgIpc) is 2.78. The van der Waals surface area contributed by atoms with Crippen LogP contribution in [0.5, 0.6) is 0 Å². The number of carbonyl (C=O) groups excluding carboxylic acids is 1. The Kier molecular flexibility index (Phi) is 3.46. The van der Waals surface area contributed by atoms with Crippen molar-refractivity contribution in [3.05, 3.63) is 0 Å². The molecule has 4 heteroatoms. The highest BCUT2D eigenvalue weighted by Crippen LogP contribution is 2.40. The van der Waals surface area contributed by atoms with Gasteiger partial charge in [-0.15, -0.1) is 0 Å². The molecule has 2 fully saturated rings. The molecule has 0 bridgehead atoms. The molecule has 0 spiro atoms. The molecule has 0 aromatic heterocycles. The van der Waals surface area contributed by atoms with Crippen LogP contribution in [0.2, 0.25) is 0 Å². The van der Waals surface area contributed by atoms with E-state index in [0.717, 1.165) is 26.2 Å². The molecule has 2 heterocycles. The number of amides is 1. The maximum absolute atomic E-state index is 12.3. The van der Waals surface area contributed by atoms with Gasteiger partial charge in [0.1, 0.15) is 0 Å². The van der Waals surface area contributed by atoms with E-state index < -0.39 is 0 Å². The molecule has 1 amide bonds. The van der Waals surface area contributed by atoms with Crippen LogP contribution in [0.25, 0.3) is 0 Å². The normalized spacial score (nSPS) is 31.0. The quantitative estimate of drug-likeness (QED) is 0.774. The van der Waals surface area contributed by atoms with Crippen LogP contribution in [-0.2, 0) is 4.79 Å². The summed E-state index contributed by atoms with van der Waals surface area (Å²) in [5, 5.41) is 3.44. The number of nitrogens with zero attached hydrogens (tertiary/aromatic N) is 2. The molecule has 0 aromatic rings. The van der Waals surface area contributed by atoms with Gasteiger partial charge in [0, 0.05) is 38.1 Å². The van der Waals surface area contributed by atoms with Gasteiger partial charge < -0.3 is 15.1 Å². The minimum absolute atomic E-state index is 0.0254. The van der Waals surface area contributed by atoms with Gasteiger partial charge in [0.25, 0.3) is 0 Å². The first-order valence-electron chi connectivity index (χ1n) is 6.59. The van der Waals surface area contributed by atoms with Crippen LogP contribution in [0.15, 0.2) is 0 Å². The van der Waals surface area contributed by atoms with Crippen molar-refractivity contribution in [3.8, 4) is 0 Å². The molecule has 2 aliphatic rings. The van der Waals surface area contributed by atoms with Crippen molar-refractivity contribution in [1.29, 1.82) is 0 Å². The lowest BCUT2D eigenvalue weighted by molar-refractivity contribution is -0.135. The monoisotopic (exact) mass is 239 g/mol. The first-order chi connectivity index (χ1) is 7.93. The lowest BCUT2D eigenvalue weighted by Crippen LogP contribution is -2.48. The van der Waals surface area contributed by atoms with E-state index in [0.29, 0.717) is 24.2 Å². The van der Waals surface area contributed by atoms with Crippen LogP contribution in [-0.4, -0.2) is 61.5 Å². The molecule has 4 nitrogen and oxygen atoms in total. The summed E-state index contributed by atoms with van der Waals surface area (Å²) in [6.45, 7) is 8.37. The molecule has 2 atom stereocenters. The topological polar surface area (TPSA) is 35.6 Å². The van der Waals surface area contributed by atoms with Gasteiger partial charge in [-0.05, 0) is 39.8 Å². The molecule has 0 aromatic carbocycles. The van der Waals surface area contributed by atoms with Crippen LogP contribution >= 0.6 is 0 Å². The number of hydrogen-bond acceptors (Lipinski definition) is 3. The molecule has 17 heavy (non-hydrogen) atoms. The highest BCUT2D eigenvalue weighted by atomic mass is 16.2. The Labute approximate surface area is 104 Å². The fourth-order valence-corrected chi connectivity index (χ4v) is 3.30. The van der Waals surface area contributed by atoms with Crippen LogP contribution < -0.4 is 5.32 Å². The van der Waals surface area contributed by atoms with Crippen molar-refractivity contribution in [2.75, 3.05) is 40.3 Å². The molecule has 1 N–H and O–H groups in total. The Bertz CT molecular complexity index is 301. The van der Waals surface area contributed by atoms with Gasteiger partial charge in [-0.1, -0.05) is 0 Å². The van der Waals surface area contributed by atoms with Crippen LogP contribution in [0.3, 0.4) is 0 Å². The van der Waals surface area contributed by atoms with Crippen molar-refractivity contribution in [2.45, 2.75) is 25.8 Å². The Morgan fingerprint density at radius 1 is 1.41 bits per heavy atom. The summed E-state index contributed by atoms with van der Waals surface area (Å²) in [6.07, 6.45) is 0.642. The molecule has 98 valence electrons. The Morgan fingerprint density at radius 2 is 2.12 bits per heavy atom. The first-order valence-corrected chi connectivity index (χ1v) is 6.59. The van der Waals surface area contributed by atoms with E-state index >= 15 is 0 Å². The number of fused-ring (bicyclic) bond motifs is 1. The Hall–Kier alpha value is -0.610. The van der Waals surface area contributed by atoms with Crippen molar-refractivity contribution in [1.82, 2.24) is 15.1 Å². The average molecular weight is 239 g/mol. The Morgan fingerprint density at radius 3 is 2.71 bits per heavy atom. The van der Waals surface area contributed by atoms with E-state index in [1.165, 1.54) is 0 Å². The highest BCUT2D eigenvalue weighted by molar-refractivity contribution is 5.77. The first kappa shape index (κ1) is 12.8. The molecular formula is C13H25N3O. The molecule has 2 aliphatic heterocycles. The van der Waals surface area contributed by atoms with Gasteiger partial charge in [0.15, 0.2) is 0 Å². The molecule has 2 saturated heterocycles. The summed E-state index contributed by atoms with van der Waals surface area (Å²) in [5.74, 6) is 1.61. The second-order valence-electron chi connectivity index (χ2n) is 6.24. The van der Waals surface area contributed by atoms with Gasteiger partial charge in [-0.2, -0.15) is 0 Å². The third-order valence-corrected chi connectivity index (χ3v) is 4.43. The van der Waals surface area contributed by atoms with Crippen molar-refractivity contribution >= 4 is 5.91 Å². The van der Waals surface area contributed by atoms with Gasteiger partial charge in [-0.25, -0.2) is 0 Å². The lowest BCUT2D eigenvalue weighted by atomic mass is 9.85. The summed E-state index contributed by atoms with van der Waals surface area (Å²) in [5.41, 5.74) is 0.0254. The van der Waals surface area contributed by atoms with E-state index in [9.17, 15) is 4.79 Å². The second kappa shape index (κ2) is 4.58. The number of carbonyl (C=O) groups is 1. The lowest BCUT2D eigenvalue weighted by Gasteiger charge is -2.36. The summed E-state index contributed by atoms with van der Waals surface area (Å²) >= 11 is 0. The standard InChI is InChI=1S/C13H25N3O/c1-13(2)11-8-14-7-10(11)9-16(13)12(17)5-6-15(3)4/h10-11,14H,5-9H2,1-4H3. The summed E-state index contributed by atoms with van der Waals surface area (Å²) < 4.78 is 0. The van der Waals surface area contributed by atoms with E-state index in [1.807, 2.05) is 14.1 Å². The Balaban J connectivity index is 2.00. The minimum atomic E-state index is 0.0254. The third kappa shape index (κ3) is 2.33. The smallest absolute Gasteiger partial charge is 0.224 e. The van der Waals surface area contributed by atoms with E-state index in [4.69, 9.17) is 0 Å². The SMILES string of the molecule is CN(C)CCC(=O)N1CC2CNCC2C1(C)C. The molecule has 2 unspecified atom stereocenters. The molecule has 2 rings (SSSR count). The van der Waals surface area contributed by atoms with Crippen LogP contribution in [0.4, 0.5) is 0 Å².